The highest BCUT2D eigenvalue weighted by Gasteiger charge is 2.38. The van der Waals surface area contributed by atoms with Crippen molar-refractivity contribution in [1.29, 1.82) is 0 Å². The summed E-state index contributed by atoms with van der Waals surface area (Å²) < 4.78 is 75.3. The summed E-state index contributed by atoms with van der Waals surface area (Å²) in [4.78, 5) is 39.1. The minimum Gasteiger partial charge on any atom is -0.483 e. The Labute approximate surface area is 300 Å². The Hall–Kier alpha value is -4.67. The summed E-state index contributed by atoms with van der Waals surface area (Å²) in [5.41, 5.74) is 4.60. The van der Waals surface area contributed by atoms with Gasteiger partial charge in [0.25, 0.3) is 6.47 Å². The standard InChI is InChI=1S/C31H34ClFN4O.C2HF3O2.CHF3.CH2O2/c1-20(26-17-34-28-11-7-5-9-25(26)28)30(35-16-22-8-4-6-10-27(22)33)31(38)37-19-21(18-36(2)3)14-23-15-24(32)12-13-29(23)37;3-2(4,5)1(6)7;2-1(3)4;2-1-3/h4-13,15,17,20-21,30,34-35H,14,16,18-19H2,1-3H3;(H,6,7);1H;1H,(H,2,3)/t20?,21-,30?;;;/m1.../s1. The van der Waals surface area contributed by atoms with Crippen molar-refractivity contribution in [3.63, 3.8) is 0 Å². The van der Waals surface area contributed by atoms with Crippen molar-refractivity contribution in [3.05, 3.63) is 100 Å². The number of nitrogens with zero attached hydrogens (tertiary/aromatic N) is 2. The average molecular weight is 763 g/mol. The highest BCUT2D eigenvalue weighted by Crippen LogP contribution is 2.35. The van der Waals surface area contributed by atoms with Crippen LogP contribution in [0.4, 0.5) is 36.4 Å². The van der Waals surface area contributed by atoms with E-state index < -0.39 is 24.9 Å². The number of nitrogens with one attached hydrogen (secondary N) is 2. The lowest BCUT2D eigenvalue weighted by Gasteiger charge is -2.39. The van der Waals surface area contributed by atoms with Crippen LogP contribution in [-0.4, -0.2) is 84.5 Å². The van der Waals surface area contributed by atoms with Crippen LogP contribution < -0.4 is 10.2 Å². The molecule has 0 aliphatic carbocycles. The van der Waals surface area contributed by atoms with Crippen LogP contribution in [0.1, 0.15) is 29.5 Å². The molecule has 0 saturated carbocycles. The van der Waals surface area contributed by atoms with E-state index in [0.29, 0.717) is 17.1 Å². The van der Waals surface area contributed by atoms with E-state index >= 15 is 0 Å². The smallest absolute Gasteiger partial charge is 0.483 e. The quantitative estimate of drug-likeness (QED) is 0.108. The zero-order valence-corrected chi connectivity index (χ0v) is 28.9. The highest BCUT2D eigenvalue weighted by molar-refractivity contribution is 6.30. The van der Waals surface area contributed by atoms with Gasteiger partial charge in [0.1, 0.15) is 5.82 Å². The number of halogens is 8. The summed E-state index contributed by atoms with van der Waals surface area (Å²) in [6.45, 7) is -0.125. The third-order valence-electron chi connectivity index (χ3n) is 7.76. The molecule has 0 fully saturated rings. The van der Waals surface area contributed by atoms with Crippen molar-refractivity contribution >= 4 is 46.5 Å². The maximum absolute atomic E-state index is 14.5. The summed E-state index contributed by atoms with van der Waals surface area (Å²) in [6, 6.07) is 20.0. The third-order valence-corrected chi connectivity index (χ3v) is 8.00. The largest absolute Gasteiger partial charge is 0.490 e. The molecule has 9 nitrogen and oxygen atoms in total. The van der Waals surface area contributed by atoms with E-state index in [4.69, 9.17) is 31.4 Å². The maximum atomic E-state index is 14.5. The van der Waals surface area contributed by atoms with E-state index in [-0.39, 0.29) is 36.6 Å². The summed E-state index contributed by atoms with van der Waals surface area (Å²) in [6.07, 6.45) is -2.23. The SMILES string of the molecule is CC(c1c[nH]c2ccccc12)C(NCc1ccccc1F)C(=O)N1C[C@@H](CN(C)C)Cc2cc(Cl)ccc21.FC(F)F.O=C(O)C(F)(F)F.O=CO. The van der Waals surface area contributed by atoms with E-state index in [1.165, 1.54) is 6.07 Å². The van der Waals surface area contributed by atoms with Gasteiger partial charge in [-0.3, -0.25) is 9.59 Å². The number of H-pyrrole nitrogens is 1. The summed E-state index contributed by atoms with van der Waals surface area (Å²) in [5, 5.41) is 19.2. The monoisotopic (exact) mass is 762 g/mol. The van der Waals surface area contributed by atoms with Crippen LogP contribution >= 0.6 is 11.6 Å². The molecule has 4 aromatic rings. The first kappa shape index (κ1) is 43.5. The van der Waals surface area contributed by atoms with Gasteiger partial charge in [0.2, 0.25) is 5.91 Å². The predicted octanol–water partition coefficient (Wildman–Crippen LogP) is 7.50. The normalized spacial score (nSPS) is 14.9. The van der Waals surface area contributed by atoms with Gasteiger partial charge in [-0.25, -0.2) is 9.18 Å². The number of para-hydroxylation sites is 1. The molecule has 2 unspecified atom stereocenters. The van der Waals surface area contributed by atoms with E-state index in [1.807, 2.05) is 53.6 Å². The minimum atomic E-state index is -5.08. The van der Waals surface area contributed by atoms with E-state index in [9.17, 15) is 35.5 Å². The van der Waals surface area contributed by atoms with Crippen molar-refractivity contribution in [2.75, 3.05) is 32.1 Å². The molecule has 3 aromatic carbocycles. The number of alkyl halides is 6. The first-order chi connectivity index (χ1) is 24.4. The zero-order valence-electron chi connectivity index (χ0n) is 28.2. The molecule has 17 heteroatoms. The lowest BCUT2D eigenvalue weighted by molar-refractivity contribution is -0.192. The lowest BCUT2D eigenvalue weighted by atomic mass is 9.88. The number of aromatic nitrogens is 1. The second-order valence-electron chi connectivity index (χ2n) is 11.7. The Morgan fingerprint density at radius 1 is 1.08 bits per heavy atom. The van der Waals surface area contributed by atoms with Crippen LogP contribution in [0.15, 0.2) is 72.9 Å². The number of rotatable bonds is 8. The number of carbonyl (C=O) groups excluding carboxylic acids is 1. The van der Waals surface area contributed by atoms with Gasteiger partial charge in [0, 0.05) is 58.9 Å². The lowest BCUT2D eigenvalue weighted by Crippen LogP contribution is -2.52. The predicted molar refractivity (Wildman–Crippen MR) is 183 cm³/mol. The fraction of sp³-hybridized carbons (Fsp3) is 0.343. The van der Waals surface area contributed by atoms with Gasteiger partial charge in [-0.05, 0) is 67.9 Å². The van der Waals surface area contributed by atoms with Gasteiger partial charge in [0.05, 0.1) is 6.04 Å². The molecule has 4 N–H and O–H groups in total. The molecule has 0 radical (unpaired) electrons. The van der Waals surface area contributed by atoms with Crippen molar-refractivity contribution in [2.45, 2.75) is 44.7 Å². The van der Waals surface area contributed by atoms with Crippen molar-refractivity contribution < 1.29 is 55.3 Å². The van der Waals surface area contributed by atoms with Crippen LogP contribution in [0.2, 0.25) is 5.02 Å². The topological polar surface area (TPSA) is 126 Å². The van der Waals surface area contributed by atoms with E-state index in [2.05, 4.69) is 42.3 Å². The van der Waals surface area contributed by atoms with Crippen LogP contribution in [0.3, 0.4) is 0 Å². The summed E-state index contributed by atoms with van der Waals surface area (Å²) >= 11 is 6.36. The Morgan fingerprint density at radius 2 is 1.65 bits per heavy atom. The molecule has 2 heterocycles. The van der Waals surface area contributed by atoms with Gasteiger partial charge < -0.3 is 30.3 Å². The minimum absolute atomic E-state index is 0.0221. The molecule has 0 bridgehead atoms. The summed E-state index contributed by atoms with van der Waals surface area (Å²) in [7, 11) is 4.11. The first-order valence-corrected chi connectivity index (χ1v) is 15.9. The van der Waals surface area contributed by atoms with Gasteiger partial charge in [-0.2, -0.15) is 26.3 Å². The molecule has 3 atom stereocenters. The molecular formula is C35H38ClF7N4O5. The number of hydrogen-bond acceptors (Lipinski definition) is 5. The number of carbonyl (C=O) groups is 3. The Kier molecular flexibility index (Phi) is 17.1. The molecule has 284 valence electrons. The second-order valence-corrected chi connectivity index (χ2v) is 12.2. The molecule has 1 aromatic heterocycles. The molecule has 0 spiro atoms. The number of hydrogen-bond donors (Lipinski definition) is 4. The number of benzene rings is 3. The van der Waals surface area contributed by atoms with Crippen LogP contribution in [0, 0.1) is 11.7 Å². The first-order valence-electron chi connectivity index (χ1n) is 15.5. The van der Waals surface area contributed by atoms with Gasteiger partial charge in [0.15, 0.2) is 0 Å². The molecule has 5 rings (SSSR count). The van der Waals surface area contributed by atoms with Gasteiger partial charge >= 0.3 is 18.8 Å². The number of amides is 1. The molecule has 1 aliphatic rings. The molecular weight excluding hydrogens is 725 g/mol. The average Bonchev–Trinajstić information content (AvgIpc) is 3.49. The highest BCUT2D eigenvalue weighted by atomic mass is 35.5. The number of anilines is 1. The number of aromatic amines is 1. The van der Waals surface area contributed by atoms with Crippen molar-refractivity contribution in [3.8, 4) is 0 Å². The Bertz CT molecular complexity index is 1750. The summed E-state index contributed by atoms with van der Waals surface area (Å²) in [5.74, 6) is -2.96. The molecule has 1 aliphatic heterocycles. The Balaban J connectivity index is 0.000000572. The second kappa shape index (κ2) is 20.4. The molecule has 0 saturated heterocycles. The van der Waals surface area contributed by atoms with Crippen LogP contribution in [-0.2, 0) is 27.3 Å². The molecule has 1 amide bonds. The fourth-order valence-corrected chi connectivity index (χ4v) is 5.91. The van der Waals surface area contributed by atoms with Crippen molar-refractivity contribution in [2.24, 2.45) is 5.92 Å². The van der Waals surface area contributed by atoms with Crippen LogP contribution in [0.5, 0.6) is 0 Å². The Morgan fingerprint density at radius 3 is 2.23 bits per heavy atom. The number of aliphatic carboxylic acids is 1. The van der Waals surface area contributed by atoms with E-state index in [1.54, 1.807) is 12.1 Å². The van der Waals surface area contributed by atoms with Gasteiger partial charge in [-0.1, -0.05) is 54.9 Å². The van der Waals surface area contributed by atoms with Gasteiger partial charge in [-0.15, -0.1) is 0 Å². The maximum Gasteiger partial charge on any atom is 0.490 e. The van der Waals surface area contributed by atoms with E-state index in [0.717, 1.165) is 40.7 Å². The fourth-order valence-electron chi connectivity index (χ4n) is 5.72. The molecule has 52 heavy (non-hydrogen) atoms. The third kappa shape index (κ3) is 13.1. The number of carboxylic acids is 1. The zero-order chi connectivity index (χ0) is 39.2. The number of fused-ring (bicyclic) bond motifs is 2. The van der Waals surface area contributed by atoms with Crippen molar-refractivity contribution in [1.82, 2.24) is 15.2 Å². The number of carboxylic acid groups (broad SMARTS) is 2. The van der Waals surface area contributed by atoms with Crippen LogP contribution in [0.25, 0.3) is 10.9 Å².